The molecule has 0 aliphatic heterocycles. The topological polar surface area (TPSA) is 84.2 Å². The molecule has 1 aromatic rings. The number of nitrogens with one attached hydrogen (secondary N) is 2. The van der Waals surface area contributed by atoms with Crippen molar-refractivity contribution in [2.45, 2.75) is 19.6 Å². The highest BCUT2D eigenvalue weighted by Crippen LogP contribution is 2.31. The maximum Gasteiger partial charge on any atom is 0.416 e. The SMILES string of the molecule is CC(=O)NCC(=O)Nc1cc(CN)cc(C(F)(F)F)c1. The zero-order chi connectivity index (χ0) is 15.3. The summed E-state index contributed by atoms with van der Waals surface area (Å²) in [6.07, 6.45) is -4.53. The molecule has 2 amide bonds. The van der Waals surface area contributed by atoms with Gasteiger partial charge < -0.3 is 16.4 Å². The molecule has 1 rings (SSSR count). The lowest BCUT2D eigenvalue weighted by atomic mass is 10.1. The highest BCUT2D eigenvalue weighted by atomic mass is 19.4. The van der Waals surface area contributed by atoms with Crippen molar-refractivity contribution in [3.63, 3.8) is 0 Å². The maximum absolute atomic E-state index is 12.7. The Bertz CT molecular complexity index is 515. The summed E-state index contributed by atoms with van der Waals surface area (Å²) in [5, 5.41) is 4.52. The lowest BCUT2D eigenvalue weighted by molar-refractivity contribution is -0.137. The molecule has 0 fully saturated rings. The van der Waals surface area contributed by atoms with E-state index in [2.05, 4.69) is 10.6 Å². The molecular formula is C12H14F3N3O2. The number of nitrogens with two attached hydrogens (primary N) is 1. The van der Waals surface area contributed by atoms with E-state index < -0.39 is 23.6 Å². The van der Waals surface area contributed by atoms with Gasteiger partial charge in [-0.25, -0.2) is 0 Å². The van der Waals surface area contributed by atoms with E-state index in [0.717, 1.165) is 12.1 Å². The standard InChI is InChI=1S/C12H14F3N3O2/c1-7(19)17-6-11(20)18-10-3-8(5-16)2-9(4-10)12(13,14)15/h2-4H,5-6,16H2,1H3,(H,17,19)(H,18,20). The zero-order valence-electron chi connectivity index (χ0n) is 10.7. The Kier molecular flexibility index (Phi) is 5.09. The second kappa shape index (κ2) is 6.38. The van der Waals surface area contributed by atoms with E-state index in [0.29, 0.717) is 0 Å². The number of rotatable bonds is 4. The highest BCUT2D eigenvalue weighted by Gasteiger charge is 2.31. The van der Waals surface area contributed by atoms with Crippen LogP contribution in [0.15, 0.2) is 18.2 Å². The minimum Gasteiger partial charge on any atom is -0.347 e. The Morgan fingerprint density at radius 3 is 2.40 bits per heavy atom. The third-order valence-electron chi connectivity index (χ3n) is 2.34. The monoisotopic (exact) mass is 289 g/mol. The Morgan fingerprint density at radius 1 is 1.25 bits per heavy atom. The fourth-order valence-corrected chi connectivity index (χ4v) is 1.46. The van der Waals surface area contributed by atoms with Gasteiger partial charge in [-0.1, -0.05) is 0 Å². The molecule has 110 valence electrons. The number of alkyl halides is 3. The third-order valence-corrected chi connectivity index (χ3v) is 2.34. The van der Waals surface area contributed by atoms with E-state index in [9.17, 15) is 22.8 Å². The van der Waals surface area contributed by atoms with Crippen molar-refractivity contribution < 1.29 is 22.8 Å². The summed E-state index contributed by atoms with van der Waals surface area (Å²) in [4.78, 5) is 22.1. The summed E-state index contributed by atoms with van der Waals surface area (Å²) in [7, 11) is 0. The summed E-state index contributed by atoms with van der Waals surface area (Å²) in [6.45, 7) is 0.826. The summed E-state index contributed by atoms with van der Waals surface area (Å²) in [5.41, 5.74) is 4.66. The molecule has 4 N–H and O–H groups in total. The summed E-state index contributed by atoms with van der Waals surface area (Å²) in [6, 6.07) is 3.08. The van der Waals surface area contributed by atoms with Gasteiger partial charge in [-0.3, -0.25) is 9.59 Å². The van der Waals surface area contributed by atoms with E-state index in [4.69, 9.17) is 5.73 Å². The number of anilines is 1. The van der Waals surface area contributed by atoms with E-state index in [1.165, 1.54) is 13.0 Å². The molecule has 0 heterocycles. The number of hydrogen-bond acceptors (Lipinski definition) is 3. The van der Waals surface area contributed by atoms with Crippen LogP contribution in [0.1, 0.15) is 18.1 Å². The van der Waals surface area contributed by atoms with Crippen LogP contribution in [0.5, 0.6) is 0 Å². The molecule has 5 nitrogen and oxygen atoms in total. The van der Waals surface area contributed by atoms with Gasteiger partial charge in [-0.2, -0.15) is 13.2 Å². The minimum atomic E-state index is -4.53. The summed E-state index contributed by atoms with van der Waals surface area (Å²) < 4.78 is 38.0. The van der Waals surface area contributed by atoms with Gasteiger partial charge in [0, 0.05) is 19.2 Å². The van der Waals surface area contributed by atoms with Crippen molar-refractivity contribution in [3.8, 4) is 0 Å². The van der Waals surface area contributed by atoms with E-state index in [-0.39, 0.29) is 24.3 Å². The van der Waals surface area contributed by atoms with Crippen molar-refractivity contribution in [2.24, 2.45) is 5.73 Å². The average Bonchev–Trinajstić information content (AvgIpc) is 2.34. The van der Waals surface area contributed by atoms with Crippen LogP contribution in [-0.4, -0.2) is 18.4 Å². The molecule has 0 unspecified atom stereocenters. The number of halogens is 3. The molecule has 0 saturated carbocycles. The lowest BCUT2D eigenvalue weighted by Crippen LogP contribution is -2.31. The largest absolute Gasteiger partial charge is 0.416 e. The second-order valence-corrected chi connectivity index (χ2v) is 4.08. The number of hydrogen-bond donors (Lipinski definition) is 3. The molecule has 0 radical (unpaired) electrons. The van der Waals surface area contributed by atoms with E-state index >= 15 is 0 Å². The smallest absolute Gasteiger partial charge is 0.347 e. The van der Waals surface area contributed by atoms with Crippen molar-refractivity contribution in [2.75, 3.05) is 11.9 Å². The molecule has 0 aliphatic rings. The first-order valence-corrected chi connectivity index (χ1v) is 5.68. The van der Waals surface area contributed by atoms with Crippen molar-refractivity contribution in [1.29, 1.82) is 0 Å². The Hall–Kier alpha value is -2.09. The van der Waals surface area contributed by atoms with Crippen LogP contribution in [0.3, 0.4) is 0 Å². The van der Waals surface area contributed by atoms with Crippen LogP contribution >= 0.6 is 0 Å². The number of carbonyl (C=O) groups is 2. The minimum absolute atomic E-state index is 0.0179. The van der Waals surface area contributed by atoms with Crippen molar-refractivity contribution in [1.82, 2.24) is 5.32 Å². The van der Waals surface area contributed by atoms with Crippen LogP contribution in [0.25, 0.3) is 0 Å². The van der Waals surface area contributed by atoms with Crippen molar-refractivity contribution >= 4 is 17.5 Å². The van der Waals surface area contributed by atoms with E-state index in [1.54, 1.807) is 0 Å². The molecule has 0 atom stereocenters. The molecule has 0 spiro atoms. The number of carbonyl (C=O) groups excluding carboxylic acids is 2. The van der Waals surface area contributed by atoms with Gasteiger partial charge in [0.2, 0.25) is 11.8 Å². The molecule has 20 heavy (non-hydrogen) atoms. The van der Waals surface area contributed by atoms with Crippen LogP contribution in [0.4, 0.5) is 18.9 Å². The molecule has 0 saturated heterocycles. The second-order valence-electron chi connectivity index (χ2n) is 4.08. The van der Waals surface area contributed by atoms with Crippen molar-refractivity contribution in [3.05, 3.63) is 29.3 Å². The van der Waals surface area contributed by atoms with Gasteiger partial charge in [-0.05, 0) is 23.8 Å². The first kappa shape index (κ1) is 16.0. The van der Waals surface area contributed by atoms with Gasteiger partial charge in [0.05, 0.1) is 12.1 Å². The highest BCUT2D eigenvalue weighted by molar-refractivity contribution is 5.94. The predicted octanol–water partition coefficient (Wildman–Crippen LogP) is 1.24. The third kappa shape index (κ3) is 4.88. The maximum atomic E-state index is 12.7. The summed E-state index contributed by atoms with van der Waals surface area (Å²) in [5.74, 6) is -1.03. The Labute approximate surface area is 113 Å². The van der Waals surface area contributed by atoms with Crippen LogP contribution < -0.4 is 16.4 Å². The quantitative estimate of drug-likeness (QED) is 0.779. The van der Waals surface area contributed by atoms with Gasteiger partial charge >= 0.3 is 6.18 Å². The summed E-state index contributed by atoms with van der Waals surface area (Å²) >= 11 is 0. The van der Waals surface area contributed by atoms with Gasteiger partial charge in [0.1, 0.15) is 0 Å². The van der Waals surface area contributed by atoms with Gasteiger partial charge in [-0.15, -0.1) is 0 Å². The molecule has 1 aromatic carbocycles. The Morgan fingerprint density at radius 2 is 1.90 bits per heavy atom. The molecule has 8 heteroatoms. The number of benzene rings is 1. The van der Waals surface area contributed by atoms with Gasteiger partial charge in [0.15, 0.2) is 0 Å². The van der Waals surface area contributed by atoms with Crippen LogP contribution in [0.2, 0.25) is 0 Å². The first-order chi connectivity index (χ1) is 9.22. The molecule has 0 bridgehead atoms. The Balaban J connectivity index is 2.89. The predicted molar refractivity (Wildman–Crippen MR) is 66.6 cm³/mol. The first-order valence-electron chi connectivity index (χ1n) is 5.68. The van der Waals surface area contributed by atoms with E-state index in [1.807, 2.05) is 0 Å². The van der Waals surface area contributed by atoms with Gasteiger partial charge in [0.25, 0.3) is 0 Å². The molecule has 0 aromatic heterocycles. The zero-order valence-corrected chi connectivity index (χ0v) is 10.7. The number of amides is 2. The fraction of sp³-hybridized carbons (Fsp3) is 0.333. The van der Waals surface area contributed by atoms with Crippen LogP contribution in [-0.2, 0) is 22.3 Å². The normalized spacial score (nSPS) is 11.1. The van der Waals surface area contributed by atoms with Crippen LogP contribution in [0, 0.1) is 0 Å². The lowest BCUT2D eigenvalue weighted by Gasteiger charge is -2.12. The fourth-order valence-electron chi connectivity index (χ4n) is 1.46. The molecular weight excluding hydrogens is 275 g/mol. The molecule has 0 aliphatic carbocycles. The average molecular weight is 289 g/mol.